The second-order valence-corrected chi connectivity index (χ2v) is 4.45. The first-order chi connectivity index (χ1) is 5.71. The van der Waals surface area contributed by atoms with Crippen LogP contribution in [0.1, 0.15) is 4.88 Å². The van der Waals surface area contributed by atoms with Crippen molar-refractivity contribution in [3.63, 3.8) is 0 Å². The van der Waals surface area contributed by atoms with E-state index in [2.05, 4.69) is 0 Å². The molecule has 1 aromatic rings. The Balaban J connectivity index is 3.16. The van der Waals surface area contributed by atoms with Crippen LogP contribution in [-0.2, 0) is 16.3 Å². The molecule has 0 amide bonds. The summed E-state index contributed by atoms with van der Waals surface area (Å²) in [5, 5.41) is 0.734. The molecule has 1 rings (SSSR count). The van der Waals surface area contributed by atoms with Crippen molar-refractivity contribution in [2.75, 3.05) is 0 Å². The summed E-state index contributed by atoms with van der Waals surface area (Å²) in [5.74, 6) is 0. The SMILES string of the molecule is O=S(=O)(O)c1csc(C(F)(F)F)c1. The van der Waals surface area contributed by atoms with E-state index >= 15 is 0 Å². The Hall–Kier alpha value is -0.600. The number of hydrogen-bond acceptors (Lipinski definition) is 3. The highest BCUT2D eigenvalue weighted by Gasteiger charge is 2.33. The lowest BCUT2D eigenvalue weighted by molar-refractivity contribution is -0.134. The third kappa shape index (κ3) is 2.42. The van der Waals surface area contributed by atoms with E-state index in [9.17, 15) is 21.6 Å². The Labute approximate surface area is 75.6 Å². The molecule has 74 valence electrons. The van der Waals surface area contributed by atoms with Crippen molar-refractivity contribution >= 4 is 21.5 Å². The van der Waals surface area contributed by atoms with Crippen molar-refractivity contribution < 1.29 is 26.1 Å². The minimum absolute atomic E-state index is 0.219. The third-order valence-corrected chi connectivity index (χ3v) is 3.11. The summed E-state index contributed by atoms with van der Waals surface area (Å²) in [6, 6.07) is 0.389. The summed E-state index contributed by atoms with van der Waals surface area (Å²) < 4.78 is 64.9. The molecule has 0 bridgehead atoms. The van der Waals surface area contributed by atoms with E-state index in [0.29, 0.717) is 6.07 Å². The van der Waals surface area contributed by atoms with Gasteiger partial charge in [-0.15, -0.1) is 11.3 Å². The molecule has 0 saturated heterocycles. The molecule has 3 nitrogen and oxygen atoms in total. The monoisotopic (exact) mass is 232 g/mol. The first-order valence-electron chi connectivity index (χ1n) is 2.84. The predicted octanol–water partition coefficient (Wildman–Crippen LogP) is 2.01. The highest BCUT2D eigenvalue weighted by atomic mass is 32.2. The zero-order valence-corrected chi connectivity index (χ0v) is 7.50. The van der Waals surface area contributed by atoms with Crippen molar-refractivity contribution in [2.24, 2.45) is 0 Å². The van der Waals surface area contributed by atoms with Crippen LogP contribution in [0.3, 0.4) is 0 Å². The molecule has 1 N–H and O–H groups in total. The van der Waals surface area contributed by atoms with E-state index in [-0.39, 0.29) is 11.3 Å². The van der Waals surface area contributed by atoms with Crippen molar-refractivity contribution in [2.45, 2.75) is 11.1 Å². The molecular formula is C5H3F3O3S2. The Kier molecular flexibility index (Phi) is 2.39. The van der Waals surface area contributed by atoms with Gasteiger partial charge in [-0.05, 0) is 6.07 Å². The number of rotatable bonds is 1. The molecule has 0 radical (unpaired) electrons. The average Bonchev–Trinajstić information content (AvgIpc) is 2.28. The van der Waals surface area contributed by atoms with E-state index in [1.165, 1.54) is 0 Å². The van der Waals surface area contributed by atoms with Crippen LogP contribution in [0.5, 0.6) is 0 Å². The number of thiophene rings is 1. The van der Waals surface area contributed by atoms with Gasteiger partial charge < -0.3 is 0 Å². The lowest BCUT2D eigenvalue weighted by Crippen LogP contribution is -2.02. The van der Waals surface area contributed by atoms with E-state index in [4.69, 9.17) is 4.55 Å². The van der Waals surface area contributed by atoms with Gasteiger partial charge in [-0.3, -0.25) is 4.55 Å². The fourth-order valence-corrected chi connectivity index (χ4v) is 2.21. The molecule has 0 aliphatic rings. The van der Waals surface area contributed by atoms with E-state index in [1.807, 2.05) is 0 Å². The third-order valence-electron chi connectivity index (χ3n) is 1.15. The van der Waals surface area contributed by atoms with E-state index in [1.54, 1.807) is 0 Å². The summed E-state index contributed by atoms with van der Waals surface area (Å²) >= 11 is 0.219. The van der Waals surface area contributed by atoms with Crippen LogP contribution in [0.25, 0.3) is 0 Å². The first-order valence-corrected chi connectivity index (χ1v) is 5.16. The number of alkyl halides is 3. The zero-order chi connectivity index (χ0) is 10.3. The van der Waals surface area contributed by atoms with Crippen molar-refractivity contribution in [1.82, 2.24) is 0 Å². The predicted molar refractivity (Wildman–Crippen MR) is 39.1 cm³/mol. The van der Waals surface area contributed by atoms with Crippen molar-refractivity contribution in [1.29, 1.82) is 0 Å². The van der Waals surface area contributed by atoms with Crippen LogP contribution in [0, 0.1) is 0 Å². The van der Waals surface area contributed by atoms with Crippen LogP contribution in [0.4, 0.5) is 13.2 Å². The summed E-state index contributed by atoms with van der Waals surface area (Å²) in [6.45, 7) is 0. The number of hydrogen-bond donors (Lipinski definition) is 1. The topological polar surface area (TPSA) is 54.4 Å². The lowest BCUT2D eigenvalue weighted by Gasteiger charge is -1.99. The quantitative estimate of drug-likeness (QED) is 0.753. The Morgan fingerprint density at radius 3 is 2.15 bits per heavy atom. The normalized spacial score (nSPS) is 13.2. The standard InChI is InChI=1S/C5H3F3O3S2/c6-5(7,8)4-1-3(2-12-4)13(9,10)11/h1-2H,(H,9,10,11). The molecule has 1 aromatic heterocycles. The molecule has 0 aromatic carbocycles. The zero-order valence-electron chi connectivity index (χ0n) is 5.87. The largest absolute Gasteiger partial charge is 0.425 e. The van der Waals surface area contributed by atoms with Gasteiger partial charge in [-0.25, -0.2) is 0 Å². The van der Waals surface area contributed by atoms with E-state index < -0.39 is 26.1 Å². The molecule has 0 unspecified atom stereocenters. The Bertz CT molecular complexity index is 403. The Morgan fingerprint density at radius 1 is 1.38 bits per heavy atom. The van der Waals surface area contributed by atoms with Crippen LogP contribution in [0.2, 0.25) is 0 Å². The molecule has 0 spiro atoms. The summed E-state index contributed by atoms with van der Waals surface area (Å²) in [5.41, 5.74) is 0. The molecule has 13 heavy (non-hydrogen) atoms. The van der Waals surface area contributed by atoms with Gasteiger partial charge >= 0.3 is 6.18 Å². The van der Waals surface area contributed by atoms with Crippen LogP contribution < -0.4 is 0 Å². The van der Waals surface area contributed by atoms with Crippen LogP contribution >= 0.6 is 11.3 Å². The first kappa shape index (κ1) is 10.5. The van der Waals surface area contributed by atoms with E-state index in [0.717, 1.165) is 5.38 Å². The van der Waals surface area contributed by atoms with Gasteiger partial charge in [0.05, 0.1) is 0 Å². The molecular weight excluding hydrogens is 229 g/mol. The van der Waals surface area contributed by atoms with Crippen molar-refractivity contribution in [3.05, 3.63) is 16.3 Å². The van der Waals surface area contributed by atoms with Gasteiger partial charge in [0.15, 0.2) is 0 Å². The highest BCUT2D eigenvalue weighted by molar-refractivity contribution is 7.86. The average molecular weight is 232 g/mol. The summed E-state index contributed by atoms with van der Waals surface area (Å²) in [6.07, 6.45) is -4.58. The van der Waals surface area contributed by atoms with Gasteiger partial charge in [0.1, 0.15) is 9.77 Å². The van der Waals surface area contributed by atoms with Gasteiger partial charge in [-0.1, -0.05) is 0 Å². The fraction of sp³-hybridized carbons (Fsp3) is 0.200. The molecule has 0 aliphatic carbocycles. The lowest BCUT2D eigenvalue weighted by atomic mass is 10.5. The molecule has 0 saturated carbocycles. The Morgan fingerprint density at radius 2 is 1.92 bits per heavy atom. The molecule has 1 heterocycles. The molecule has 0 aliphatic heterocycles. The van der Waals surface area contributed by atoms with Gasteiger partial charge in [-0.2, -0.15) is 21.6 Å². The fourth-order valence-electron chi connectivity index (χ4n) is 0.603. The minimum atomic E-state index is -4.58. The molecule has 0 fully saturated rings. The summed E-state index contributed by atoms with van der Waals surface area (Å²) in [7, 11) is -4.53. The maximum Gasteiger partial charge on any atom is 0.425 e. The highest BCUT2D eigenvalue weighted by Crippen LogP contribution is 2.35. The summed E-state index contributed by atoms with van der Waals surface area (Å²) in [4.78, 5) is -1.79. The smallest absolute Gasteiger partial charge is 0.282 e. The second kappa shape index (κ2) is 2.96. The maximum atomic E-state index is 11.9. The molecule has 8 heteroatoms. The van der Waals surface area contributed by atoms with Gasteiger partial charge in [0.2, 0.25) is 0 Å². The minimum Gasteiger partial charge on any atom is -0.282 e. The van der Waals surface area contributed by atoms with Crippen LogP contribution in [-0.4, -0.2) is 13.0 Å². The number of halogens is 3. The maximum absolute atomic E-state index is 11.9. The second-order valence-electron chi connectivity index (χ2n) is 2.12. The van der Waals surface area contributed by atoms with Crippen molar-refractivity contribution in [3.8, 4) is 0 Å². The van der Waals surface area contributed by atoms with Gasteiger partial charge in [0, 0.05) is 5.38 Å². The van der Waals surface area contributed by atoms with Crippen LogP contribution in [0.15, 0.2) is 16.3 Å². The molecule has 0 atom stereocenters. The van der Waals surface area contributed by atoms with Gasteiger partial charge in [0.25, 0.3) is 10.1 Å².